The summed E-state index contributed by atoms with van der Waals surface area (Å²) in [5, 5.41) is 0. The highest BCUT2D eigenvalue weighted by atomic mass is 19.4. The van der Waals surface area contributed by atoms with Crippen molar-refractivity contribution < 1.29 is 18.0 Å². The van der Waals surface area contributed by atoms with Crippen LogP contribution in [-0.2, 0) is 10.2 Å². The molecule has 4 aliphatic carbocycles. The summed E-state index contributed by atoms with van der Waals surface area (Å²) in [6.07, 6.45) is -0.620. The molecule has 1 amide bonds. The predicted octanol–water partition coefficient (Wildman–Crippen LogP) is 5.29. The summed E-state index contributed by atoms with van der Waals surface area (Å²) in [6.45, 7) is 5.53. The summed E-state index contributed by atoms with van der Waals surface area (Å²) in [5.41, 5.74) is 6.86. The Morgan fingerprint density at radius 2 is 1.88 bits per heavy atom. The number of amides is 1. The molecule has 0 radical (unpaired) electrons. The average molecular weight is 449 g/mol. The minimum absolute atomic E-state index is 0.0000278. The number of hydrogen-bond donors (Lipinski definition) is 1. The van der Waals surface area contributed by atoms with Crippen molar-refractivity contribution in [3.8, 4) is 0 Å². The van der Waals surface area contributed by atoms with Crippen LogP contribution in [0.4, 0.5) is 13.2 Å². The lowest BCUT2D eigenvalue weighted by atomic mass is 9.61. The van der Waals surface area contributed by atoms with Crippen LogP contribution >= 0.6 is 0 Å². The molecule has 0 spiro atoms. The summed E-state index contributed by atoms with van der Waals surface area (Å²) in [5.74, 6) is 0.448. The van der Waals surface area contributed by atoms with E-state index in [-0.39, 0.29) is 47.0 Å². The number of carbonyl (C=O) groups excluding carboxylic acids is 1. The molecule has 176 valence electrons. The largest absolute Gasteiger partial charge is 0.389 e. The van der Waals surface area contributed by atoms with Gasteiger partial charge in [0.15, 0.2) is 0 Å². The van der Waals surface area contributed by atoms with Gasteiger partial charge in [0.1, 0.15) is 0 Å². The highest BCUT2D eigenvalue weighted by molar-refractivity contribution is 5.85. The third-order valence-electron chi connectivity index (χ3n) is 9.55. The van der Waals surface area contributed by atoms with Gasteiger partial charge < -0.3 is 10.6 Å². The van der Waals surface area contributed by atoms with Crippen molar-refractivity contribution in [1.82, 2.24) is 4.90 Å². The van der Waals surface area contributed by atoms with E-state index in [0.29, 0.717) is 13.1 Å². The zero-order valence-corrected chi connectivity index (χ0v) is 19.1. The number of halogens is 3. The van der Waals surface area contributed by atoms with Crippen LogP contribution < -0.4 is 5.73 Å². The van der Waals surface area contributed by atoms with Crippen molar-refractivity contribution in [2.24, 2.45) is 34.3 Å². The lowest BCUT2D eigenvalue weighted by Crippen LogP contribution is -2.57. The zero-order valence-electron chi connectivity index (χ0n) is 19.1. The SMILES string of the molecule is CC1(C)CN(C(=O)C23CC4CC(c5ccccc5)(CC2C4CCC(F)(F)F)C3)CC[C@@H]1N. The summed E-state index contributed by atoms with van der Waals surface area (Å²) in [4.78, 5) is 16.2. The van der Waals surface area contributed by atoms with E-state index >= 15 is 0 Å². The van der Waals surface area contributed by atoms with Crippen molar-refractivity contribution in [2.75, 3.05) is 13.1 Å². The molecule has 6 heteroatoms. The van der Waals surface area contributed by atoms with Crippen molar-refractivity contribution in [3.63, 3.8) is 0 Å². The fourth-order valence-electron chi connectivity index (χ4n) is 8.12. The molecule has 1 aromatic carbocycles. The fraction of sp³-hybridized carbons (Fsp3) is 0.731. The molecule has 5 fully saturated rings. The molecule has 1 aromatic rings. The van der Waals surface area contributed by atoms with Gasteiger partial charge in [0, 0.05) is 25.6 Å². The van der Waals surface area contributed by atoms with Crippen LogP contribution in [0, 0.1) is 28.6 Å². The molecule has 1 saturated heterocycles. The molecule has 1 heterocycles. The van der Waals surface area contributed by atoms with Gasteiger partial charge in [-0.25, -0.2) is 0 Å². The van der Waals surface area contributed by atoms with Crippen molar-refractivity contribution in [2.45, 2.75) is 76.4 Å². The van der Waals surface area contributed by atoms with Gasteiger partial charge in [-0.15, -0.1) is 0 Å². The van der Waals surface area contributed by atoms with Gasteiger partial charge in [-0.1, -0.05) is 44.2 Å². The first-order chi connectivity index (χ1) is 15.0. The lowest BCUT2D eigenvalue weighted by Gasteiger charge is -2.47. The van der Waals surface area contributed by atoms with E-state index < -0.39 is 18.0 Å². The normalized spacial score (nSPS) is 40.1. The van der Waals surface area contributed by atoms with Crippen LogP contribution in [0.15, 0.2) is 30.3 Å². The van der Waals surface area contributed by atoms with Crippen LogP contribution in [0.1, 0.15) is 64.4 Å². The smallest absolute Gasteiger partial charge is 0.342 e. The third kappa shape index (κ3) is 3.39. The molecule has 1 aliphatic heterocycles. The Hall–Kier alpha value is -1.56. The number of hydrogen-bond acceptors (Lipinski definition) is 2. The summed E-state index contributed by atoms with van der Waals surface area (Å²) < 4.78 is 39.3. The first-order valence-corrected chi connectivity index (χ1v) is 12.1. The molecule has 32 heavy (non-hydrogen) atoms. The van der Waals surface area contributed by atoms with Crippen LogP contribution in [-0.4, -0.2) is 36.1 Å². The lowest BCUT2D eigenvalue weighted by molar-refractivity contribution is -0.148. The molecule has 2 N–H and O–H groups in total. The average Bonchev–Trinajstić information content (AvgIpc) is 3.10. The van der Waals surface area contributed by atoms with Gasteiger partial charge in [-0.3, -0.25) is 4.79 Å². The number of alkyl halides is 3. The maximum Gasteiger partial charge on any atom is 0.389 e. The second-order valence-corrected chi connectivity index (χ2v) is 11.9. The predicted molar refractivity (Wildman–Crippen MR) is 118 cm³/mol. The second-order valence-electron chi connectivity index (χ2n) is 11.9. The van der Waals surface area contributed by atoms with Gasteiger partial charge in [-0.2, -0.15) is 13.2 Å². The molecule has 5 aliphatic rings. The Morgan fingerprint density at radius 1 is 1.16 bits per heavy atom. The number of nitrogens with two attached hydrogens (primary N) is 1. The van der Waals surface area contributed by atoms with Gasteiger partial charge in [0.2, 0.25) is 5.91 Å². The maximum atomic E-state index is 14.1. The van der Waals surface area contributed by atoms with E-state index in [0.717, 1.165) is 32.1 Å². The molecule has 3 nitrogen and oxygen atoms in total. The van der Waals surface area contributed by atoms with Crippen LogP contribution in [0.3, 0.4) is 0 Å². The number of benzene rings is 1. The highest BCUT2D eigenvalue weighted by Gasteiger charge is 2.71. The van der Waals surface area contributed by atoms with Gasteiger partial charge in [0.05, 0.1) is 5.41 Å². The molecular formula is C26H35F3N2O. The summed E-state index contributed by atoms with van der Waals surface area (Å²) in [7, 11) is 0. The Kier molecular flexibility index (Phi) is 5.02. The molecule has 0 aromatic heterocycles. The van der Waals surface area contributed by atoms with E-state index in [2.05, 4.69) is 26.0 Å². The topological polar surface area (TPSA) is 46.3 Å². The molecule has 5 unspecified atom stereocenters. The van der Waals surface area contributed by atoms with Crippen LogP contribution in [0.25, 0.3) is 0 Å². The second kappa shape index (κ2) is 7.22. The van der Waals surface area contributed by atoms with E-state index in [9.17, 15) is 18.0 Å². The van der Waals surface area contributed by atoms with Gasteiger partial charge in [-0.05, 0) is 72.7 Å². The molecular weight excluding hydrogens is 413 g/mol. The quantitative estimate of drug-likeness (QED) is 0.680. The number of rotatable bonds is 4. The first-order valence-electron chi connectivity index (χ1n) is 12.1. The fourth-order valence-corrected chi connectivity index (χ4v) is 8.12. The van der Waals surface area contributed by atoms with E-state index in [1.165, 1.54) is 5.56 Å². The Bertz CT molecular complexity index is 885. The van der Waals surface area contributed by atoms with E-state index in [1.54, 1.807) is 0 Å². The third-order valence-corrected chi connectivity index (χ3v) is 9.55. The summed E-state index contributed by atoms with van der Waals surface area (Å²) >= 11 is 0. The Morgan fingerprint density at radius 3 is 2.53 bits per heavy atom. The maximum absolute atomic E-state index is 14.1. The minimum atomic E-state index is -4.14. The first kappa shape index (κ1) is 22.2. The number of nitrogens with zero attached hydrogens (tertiary/aromatic N) is 1. The van der Waals surface area contributed by atoms with Crippen molar-refractivity contribution in [1.29, 1.82) is 0 Å². The van der Waals surface area contributed by atoms with E-state index in [1.807, 2.05) is 23.1 Å². The van der Waals surface area contributed by atoms with Crippen molar-refractivity contribution >= 4 is 5.91 Å². The van der Waals surface area contributed by atoms with Crippen LogP contribution in [0.2, 0.25) is 0 Å². The molecule has 6 atom stereocenters. The molecule has 4 bridgehead atoms. The van der Waals surface area contributed by atoms with Crippen LogP contribution in [0.5, 0.6) is 0 Å². The Balaban J connectivity index is 1.47. The Labute approximate surface area is 188 Å². The minimum Gasteiger partial charge on any atom is -0.342 e. The standard InChI is InChI=1S/C26H35F3N2O/c1-23(2)16-31(11-9-21(23)30)22(32)25-13-17-12-24(15-25,18-6-4-3-5-7-18)14-20(25)19(17)8-10-26(27,28)29/h3-7,17,19-21H,8-16,30H2,1-2H3/t17?,19?,20?,21-,24?,25?/m0/s1. The number of carbonyl (C=O) groups is 1. The van der Waals surface area contributed by atoms with E-state index in [4.69, 9.17) is 5.73 Å². The number of piperidine rings is 1. The molecule has 4 saturated carbocycles. The summed E-state index contributed by atoms with van der Waals surface area (Å²) in [6, 6.07) is 10.5. The zero-order chi connectivity index (χ0) is 22.9. The monoisotopic (exact) mass is 448 g/mol. The highest BCUT2D eigenvalue weighted by Crippen LogP contribution is 2.74. The molecule has 6 rings (SSSR count). The van der Waals surface area contributed by atoms with Gasteiger partial charge >= 0.3 is 6.18 Å². The van der Waals surface area contributed by atoms with Gasteiger partial charge in [0.25, 0.3) is 0 Å². The van der Waals surface area contributed by atoms with Crippen molar-refractivity contribution in [3.05, 3.63) is 35.9 Å². The number of likely N-dealkylation sites (tertiary alicyclic amines) is 1.